The maximum absolute atomic E-state index is 12.2. The normalized spacial score (nSPS) is 17.2. The Bertz CT molecular complexity index is 468. The van der Waals surface area contributed by atoms with Crippen LogP contribution in [-0.2, 0) is 9.59 Å². The van der Waals surface area contributed by atoms with Crippen LogP contribution in [0.2, 0.25) is 0 Å². The molecule has 0 amide bonds. The first kappa shape index (κ1) is 22.7. The minimum atomic E-state index is -0.195. The van der Waals surface area contributed by atoms with Gasteiger partial charge in [-0.2, -0.15) is 0 Å². The fourth-order valence-corrected chi connectivity index (χ4v) is 3.47. The number of carbonyl (C=O) groups is 2. The van der Waals surface area contributed by atoms with Crippen LogP contribution in [0.3, 0.4) is 0 Å². The van der Waals surface area contributed by atoms with Crippen molar-refractivity contribution in [3.63, 3.8) is 0 Å². The SMILES string of the molecule is CCCCCCN(/C=C/C=C1C(=O)CC(C)(C)CC1=O)CCCCCC. The zero-order valence-corrected chi connectivity index (χ0v) is 17.5. The van der Waals surface area contributed by atoms with E-state index in [1.807, 2.05) is 19.9 Å². The molecule has 0 atom stereocenters. The molecule has 0 radical (unpaired) electrons. The lowest BCUT2D eigenvalue weighted by Crippen LogP contribution is -2.31. The van der Waals surface area contributed by atoms with E-state index in [9.17, 15) is 9.59 Å². The molecule has 148 valence electrons. The predicted octanol–water partition coefficient (Wildman–Crippen LogP) is 5.85. The summed E-state index contributed by atoms with van der Waals surface area (Å²) in [6.45, 7) is 10.6. The molecule has 0 unspecified atom stereocenters. The van der Waals surface area contributed by atoms with E-state index in [0.29, 0.717) is 18.4 Å². The van der Waals surface area contributed by atoms with Gasteiger partial charge in [-0.15, -0.1) is 0 Å². The quantitative estimate of drug-likeness (QED) is 0.249. The average Bonchev–Trinajstić information content (AvgIpc) is 2.56. The summed E-state index contributed by atoms with van der Waals surface area (Å²) in [5.74, 6) is -0.0123. The van der Waals surface area contributed by atoms with Crippen LogP contribution in [0, 0.1) is 5.41 Å². The molecule has 0 heterocycles. The van der Waals surface area contributed by atoms with Gasteiger partial charge < -0.3 is 4.90 Å². The topological polar surface area (TPSA) is 37.4 Å². The molecule has 3 heteroatoms. The van der Waals surface area contributed by atoms with Crippen LogP contribution in [0.5, 0.6) is 0 Å². The fourth-order valence-electron chi connectivity index (χ4n) is 3.47. The predicted molar refractivity (Wildman–Crippen MR) is 110 cm³/mol. The summed E-state index contributed by atoms with van der Waals surface area (Å²) in [4.78, 5) is 26.8. The van der Waals surface area contributed by atoms with Gasteiger partial charge in [0.15, 0.2) is 11.6 Å². The highest BCUT2D eigenvalue weighted by atomic mass is 16.1. The summed E-state index contributed by atoms with van der Waals surface area (Å²) in [6.07, 6.45) is 16.7. The summed E-state index contributed by atoms with van der Waals surface area (Å²) in [5.41, 5.74) is 0.192. The van der Waals surface area contributed by atoms with Crippen molar-refractivity contribution in [2.24, 2.45) is 5.41 Å². The van der Waals surface area contributed by atoms with Gasteiger partial charge in [-0.25, -0.2) is 0 Å². The molecule has 26 heavy (non-hydrogen) atoms. The van der Waals surface area contributed by atoms with E-state index in [1.165, 1.54) is 51.4 Å². The van der Waals surface area contributed by atoms with Gasteiger partial charge >= 0.3 is 0 Å². The number of rotatable bonds is 12. The molecule has 0 aromatic carbocycles. The summed E-state index contributed by atoms with van der Waals surface area (Å²) in [5, 5.41) is 0. The van der Waals surface area contributed by atoms with Crippen LogP contribution in [0.4, 0.5) is 0 Å². The Morgan fingerprint density at radius 3 is 1.81 bits per heavy atom. The standard InChI is InChI=1S/C23H39NO2/c1-5-7-9-11-15-24(16-12-10-8-6-2)17-13-14-20-21(25)18-23(3,4)19-22(20)26/h13-14,17H,5-12,15-16,18-19H2,1-4H3/b17-13+. The molecule has 0 aromatic heterocycles. The van der Waals surface area contributed by atoms with Crippen molar-refractivity contribution in [1.82, 2.24) is 4.90 Å². The molecule has 1 fully saturated rings. The monoisotopic (exact) mass is 361 g/mol. The number of nitrogens with zero attached hydrogens (tertiary/aromatic N) is 1. The fraction of sp³-hybridized carbons (Fsp3) is 0.739. The lowest BCUT2D eigenvalue weighted by atomic mass is 9.74. The molecule has 1 saturated carbocycles. The van der Waals surface area contributed by atoms with Gasteiger partial charge in [-0.1, -0.05) is 66.2 Å². The van der Waals surface area contributed by atoms with Gasteiger partial charge in [0.2, 0.25) is 0 Å². The molecule has 0 N–H and O–H groups in total. The van der Waals surface area contributed by atoms with Crippen molar-refractivity contribution in [3.8, 4) is 0 Å². The number of unbranched alkanes of at least 4 members (excludes halogenated alkanes) is 6. The largest absolute Gasteiger partial charge is 0.377 e. The first-order valence-electron chi connectivity index (χ1n) is 10.6. The maximum Gasteiger partial charge on any atom is 0.166 e. The third-order valence-corrected chi connectivity index (χ3v) is 5.04. The van der Waals surface area contributed by atoms with Crippen molar-refractivity contribution in [2.45, 2.75) is 91.9 Å². The maximum atomic E-state index is 12.2. The van der Waals surface area contributed by atoms with E-state index in [-0.39, 0.29) is 17.0 Å². The van der Waals surface area contributed by atoms with Crippen molar-refractivity contribution in [3.05, 3.63) is 23.9 Å². The Labute approximate surface area is 160 Å². The van der Waals surface area contributed by atoms with Gasteiger partial charge in [0.25, 0.3) is 0 Å². The first-order chi connectivity index (χ1) is 12.4. The van der Waals surface area contributed by atoms with E-state index in [1.54, 1.807) is 6.08 Å². The van der Waals surface area contributed by atoms with E-state index in [0.717, 1.165) is 13.1 Å². The van der Waals surface area contributed by atoms with Crippen LogP contribution in [0.15, 0.2) is 23.9 Å². The zero-order chi connectivity index (χ0) is 19.4. The van der Waals surface area contributed by atoms with Gasteiger partial charge in [0.1, 0.15) is 0 Å². The summed E-state index contributed by atoms with van der Waals surface area (Å²) >= 11 is 0. The minimum absolute atomic E-state index is 0.00617. The third-order valence-electron chi connectivity index (χ3n) is 5.04. The zero-order valence-electron chi connectivity index (χ0n) is 17.5. The Balaban J connectivity index is 2.62. The molecule has 1 aliphatic rings. The molecule has 0 spiro atoms. The van der Waals surface area contributed by atoms with Crippen LogP contribution in [0.25, 0.3) is 0 Å². The van der Waals surface area contributed by atoms with Gasteiger partial charge in [0.05, 0.1) is 5.57 Å². The number of hydrogen-bond donors (Lipinski definition) is 0. The van der Waals surface area contributed by atoms with Gasteiger partial charge in [-0.3, -0.25) is 9.59 Å². The Morgan fingerprint density at radius 2 is 1.35 bits per heavy atom. The highest BCUT2D eigenvalue weighted by molar-refractivity contribution is 6.22. The lowest BCUT2D eigenvalue weighted by molar-refractivity contribution is -0.127. The summed E-state index contributed by atoms with van der Waals surface area (Å²) in [6, 6.07) is 0. The Morgan fingerprint density at radius 1 is 0.846 bits per heavy atom. The number of allylic oxidation sites excluding steroid dienone is 3. The first-order valence-corrected chi connectivity index (χ1v) is 10.6. The van der Waals surface area contributed by atoms with E-state index in [2.05, 4.69) is 24.9 Å². The van der Waals surface area contributed by atoms with Crippen molar-refractivity contribution in [1.29, 1.82) is 0 Å². The summed E-state index contributed by atoms with van der Waals surface area (Å²) < 4.78 is 0. The number of Topliss-reactive ketones (excluding diaryl/α,β-unsaturated/α-hetero) is 2. The molecule has 0 aromatic rings. The number of hydrogen-bond acceptors (Lipinski definition) is 3. The molecular weight excluding hydrogens is 322 g/mol. The number of ketones is 2. The van der Waals surface area contributed by atoms with E-state index in [4.69, 9.17) is 0 Å². The van der Waals surface area contributed by atoms with Crippen LogP contribution in [-0.4, -0.2) is 29.6 Å². The second-order valence-corrected chi connectivity index (χ2v) is 8.44. The molecule has 1 rings (SSSR count). The van der Waals surface area contributed by atoms with Crippen LogP contribution >= 0.6 is 0 Å². The van der Waals surface area contributed by atoms with Gasteiger partial charge in [-0.05, 0) is 36.6 Å². The van der Waals surface area contributed by atoms with E-state index >= 15 is 0 Å². The third kappa shape index (κ3) is 8.82. The van der Waals surface area contributed by atoms with Crippen molar-refractivity contribution < 1.29 is 9.59 Å². The molecule has 3 nitrogen and oxygen atoms in total. The second-order valence-electron chi connectivity index (χ2n) is 8.44. The van der Waals surface area contributed by atoms with Crippen LogP contribution in [0.1, 0.15) is 91.9 Å². The van der Waals surface area contributed by atoms with Crippen molar-refractivity contribution in [2.75, 3.05) is 13.1 Å². The van der Waals surface area contributed by atoms with E-state index < -0.39 is 0 Å². The Hall–Kier alpha value is -1.38. The lowest BCUT2D eigenvalue weighted by Gasteiger charge is -2.28. The molecule has 1 aliphatic carbocycles. The molecular formula is C23H39NO2. The second kappa shape index (κ2) is 12.1. The Kier molecular flexibility index (Phi) is 10.5. The average molecular weight is 362 g/mol. The molecule has 0 aliphatic heterocycles. The molecule has 0 saturated heterocycles. The van der Waals surface area contributed by atoms with Crippen molar-refractivity contribution >= 4 is 11.6 Å². The molecule has 0 bridgehead atoms. The van der Waals surface area contributed by atoms with Crippen LogP contribution < -0.4 is 0 Å². The highest BCUT2D eigenvalue weighted by Crippen LogP contribution is 2.33. The highest BCUT2D eigenvalue weighted by Gasteiger charge is 2.35. The van der Waals surface area contributed by atoms with Gasteiger partial charge in [0, 0.05) is 25.9 Å². The summed E-state index contributed by atoms with van der Waals surface area (Å²) in [7, 11) is 0. The smallest absolute Gasteiger partial charge is 0.166 e. The number of carbonyl (C=O) groups excluding carboxylic acids is 2. The minimum Gasteiger partial charge on any atom is -0.377 e.